The number of hydrogen-bond donors (Lipinski definition) is 1. The van der Waals surface area contributed by atoms with E-state index in [2.05, 4.69) is 4.98 Å². The van der Waals surface area contributed by atoms with Crippen LogP contribution >= 0.6 is 11.8 Å². The second-order valence-corrected chi connectivity index (χ2v) is 5.27. The van der Waals surface area contributed by atoms with Gasteiger partial charge >= 0.3 is 0 Å². The van der Waals surface area contributed by atoms with Gasteiger partial charge in [0.2, 0.25) is 0 Å². The molecule has 0 saturated carbocycles. The molecule has 3 aromatic rings. The van der Waals surface area contributed by atoms with Crippen LogP contribution in [0.4, 0.5) is 4.79 Å². The highest BCUT2D eigenvalue weighted by molar-refractivity contribution is 8.13. The zero-order valence-electron chi connectivity index (χ0n) is 11.0. The molecule has 0 atom stereocenters. The summed E-state index contributed by atoms with van der Waals surface area (Å²) in [6.45, 7) is 0. The fourth-order valence-corrected chi connectivity index (χ4v) is 2.44. The Kier molecular flexibility index (Phi) is 3.75. The first-order chi connectivity index (χ1) is 10.2. The Morgan fingerprint density at radius 2 is 1.52 bits per heavy atom. The van der Waals surface area contributed by atoms with E-state index in [1.165, 1.54) is 0 Å². The van der Waals surface area contributed by atoms with Crippen LogP contribution in [0.5, 0.6) is 0 Å². The van der Waals surface area contributed by atoms with Crippen molar-refractivity contribution >= 4 is 17.0 Å². The summed E-state index contributed by atoms with van der Waals surface area (Å²) in [5, 5.41) is -0.296. The van der Waals surface area contributed by atoms with Crippen LogP contribution in [0.15, 0.2) is 70.3 Å². The molecule has 0 aliphatic rings. The smallest absolute Gasteiger partial charge is 0.285 e. The Bertz CT molecular complexity index is 697. The monoisotopic (exact) mass is 296 g/mol. The highest BCUT2D eigenvalue weighted by atomic mass is 32.2. The van der Waals surface area contributed by atoms with Gasteiger partial charge < -0.3 is 10.2 Å². The van der Waals surface area contributed by atoms with Gasteiger partial charge in [0.15, 0.2) is 5.76 Å². The van der Waals surface area contributed by atoms with Crippen molar-refractivity contribution in [3.63, 3.8) is 0 Å². The summed E-state index contributed by atoms with van der Waals surface area (Å²) >= 11 is 0.784. The van der Waals surface area contributed by atoms with Crippen molar-refractivity contribution in [2.75, 3.05) is 0 Å². The molecule has 2 aromatic carbocycles. The largest absolute Gasteiger partial charge is 0.430 e. The Morgan fingerprint density at radius 1 is 0.952 bits per heavy atom. The number of nitrogens with zero attached hydrogens (tertiary/aromatic N) is 1. The van der Waals surface area contributed by atoms with E-state index in [0.717, 1.165) is 22.9 Å². The lowest BCUT2D eigenvalue weighted by atomic mass is 10.1. The van der Waals surface area contributed by atoms with E-state index in [0.29, 0.717) is 11.5 Å². The van der Waals surface area contributed by atoms with Crippen molar-refractivity contribution in [2.45, 2.75) is 5.22 Å². The number of carbonyl (C=O) groups excluding carboxylic acids is 1. The maximum absolute atomic E-state index is 11.0. The van der Waals surface area contributed by atoms with Gasteiger partial charge in [0.25, 0.3) is 10.5 Å². The van der Waals surface area contributed by atoms with Gasteiger partial charge in [-0.15, -0.1) is 0 Å². The van der Waals surface area contributed by atoms with Crippen LogP contribution in [-0.2, 0) is 0 Å². The Balaban J connectivity index is 2.13. The second-order valence-electron chi connectivity index (χ2n) is 4.31. The van der Waals surface area contributed by atoms with E-state index in [-0.39, 0.29) is 5.22 Å². The van der Waals surface area contributed by atoms with E-state index in [1.54, 1.807) is 0 Å². The molecule has 0 aliphatic carbocycles. The summed E-state index contributed by atoms with van der Waals surface area (Å²) in [7, 11) is 0. The molecule has 1 amide bonds. The first-order valence-electron chi connectivity index (χ1n) is 6.33. The molecule has 2 N–H and O–H groups in total. The molecule has 104 valence electrons. The maximum Gasteiger partial charge on any atom is 0.285 e. The molecular formula is C16H12N2O2S. The number of rotatable bonds is 3. The summed E-state index contributed by atoms with van der Waals surface area (Å²) in [5.74, 6) is 0.630. The van der Waals surface area contributed by atoms with Crippen LogP contribution in [0.3, 0.4) is 0 Å². The van der Waals surface area contributed by atoms with Crippen molar-refractivity contribution in [3.8, 4) is 22.6 Å². The standard InChI is InChI=1S/C16H12N2O2S/c17-15(19)21-16-18-13(11-7-3-1-4-8-11)14(20-16)12-9-5-2-6-10-12/h1-10H,(H2,17,19). The van der Waals surface area contributed by atoms with E-state index in [9.17, 15) is 4.79 Å². The number of aromatic nitrogens is 1. The second kappa shape index (κ2) is 5.85. The molecule has 0 unspecified atom stereocenters. The van der Waals surface area contributed by atoms with Crippen molar-refractivity contribution in [2.24, 2.45) is 5.73 Å². The lowest BCUT2D eigenvalue weighted by Gasteiger charge is -2.00. The van der Waals surface area contributed by atoms with Crippen molar-refractivity contribution in [1.82, 2.24) is 4.98 Å². The number of benzene rings is 2. The third-order valence-electron chi connectivity index (χ3n) is 2.88. The zero-order valence-corrected chi connectivity index (χ0v) is 11.8. The molecule has 1 aromatic heterocycles. The summed E-state index contributed by atoms with van der Waals surface area (Å²) in [4.78, 5) is 15.4. The Morgan fingerprint density at radius 3 is 2.10 bits per heavy atom. The van der Waals surface area contributed by atoms with Gasteiger partial charge in [-0.25, -0.2) is 4.98 Å². The number of primary amides is 1. The molecule has 0 spiro atoms. The maximum atomic E-state index is 11.0. The van der Waals surface area contributed by atoms with Gasteiger partial charge in [-0.1, -0.05) is 60.7 Å². The number of hydrogen-bond acceptors (Lipinski definition) is 4. The van der Waals surface area contributed by atoms with E-state index < -0.39 is 5.24 Å². The summed E-state index contributed by atoms with van der Waals surface area (Å²) in [6, 6.07) is 19.3. The Hall–Kier alpha value is -2.53. The molecule has 5 heteroatoms. The molecule has 0 radical (unpaired) electrons. The fourth-order valence-electron chi connectivity index (χ4n) is 2.01. The molecule has 4 nitrogen and oxygen atoms in total. The minimum Gasteiger partial charge on any atom is -0.430 e. The number of carbonyl (C=O) groups is 1. The van der Waals surface area contributed by atoms with Crippen molar-refractivity contribution in [3.05, 3.63) is 60.7 Å². The zero-order chi connectivity index (χ0) is 14.7. The van der Waals surface area contributed by atoms with Crippen LogP contribution in [0.1, 0.15) is 0 Å². The number of oxazole rings is 1. The molecule has 0 bridgehead atoms. The molecule has 0 saturated heterocycles. The minimum atomic E-state index is -0.546. The van der Waals surface area contributed by atoms with Crippen molar-refractivity contribution < 1.29 is 9.21 Å². The first kappa shape index (κ1) is 13.5. The molecule has 3 rings (SSSR count). The first-order valence-corrected chi connectivity index (χ1v) is 7.14. The summed E-state index contributed by atoms with van der Waals surface area (Å²) in [5.41, 5.74) is 7.71. The molecular weight excluding hydrogens is 284 g/mol. The number of nitrogens with two attached hydrogens (primary N) is 1. The topological polar surface area (TPSA) is 69.1 Å². The predicted octanol–water partition coefficient (Wildman–Crippen LogP) is 4.18. The van der Waals surface area contributed by atoms with E-state index in [4.69, 9.17) is 10.2 Å². The van der Waals surface area contributed by atoms with Gasteiger partial charge in [-0.2, -0.15) is 0 Å². The molecule has 0 fully saturated rings. The van der Waals surface area contributed by atoms with Gasteiger partial charge in [0.05, 0.1) is 0 Å². The lowest BCUT2D eigenvalue weighted by Crippen LogP contribution is -2.01. The Labute approximate surface area is 126 Å². The van der Waals surface area contributed by atoms with Gasteiger partial charge in [-0.05, 0) is 0 Å². The van der Waals surface area contributed by atoms with Gasteiger partial charge in [0, 0.05) is 22.9 Å². The van der Waals surface area contributed by atoms with Crippen LogP contribution < -0.4 is 5.73 Å². The molecule has 1 heterocycles. The normalized spacial score (nSPS) is 10.5. The van der Waals surface area contributed by atoms with Gasteiger partial charge in [-0.3, -0.25) is 4.79 Å². The quantitative estimate of drug-likeness (QED) is 0.736. The van der Waals surface area contributed by atoms with E-state index >= 15 is 0 Å². The SMILES string of the molecule is NC(=O)Sc1nc(-c2ccccc2)c(-c2ccccc2)o1. The average molecular weight is 296 g/mol. The number of thioether (sulfide) groups is 1. The highest BCUT2D eigenvalue weighted by Crippen LogP contribution is 2.35. The molecule has 21 heavy (non-hydrogen) atoms. The lowest BCUT2D eigenvalue weighted by molar-refractivity contribution is 0.267. The van der Waals surface area contributed by atoms with Crippen LogP contribution in [0, 0.1) is 0 Å². The minimum absolute atomic E-state index is 0.250. The summed E-state index contributed by atoms with van der Waals surface area (Å²) < 4.78 is 5.72. The predicted molar refractivity (Wildman–Crippen MR) is 82.8 cm³/mol. The van der Waals surface area contributed by atoms with E-state index in [1.807, 2.05) is 60.7 Å². The molecule has 0 aliphatic heterocycles. The van der Waals surface area contributed by atoms with Crippen LogP contribution in [0.2, 0.25) is 0 Å². The average Bonchev–Trinajstić information content (AvgIpc) is 2.92. The number of amides is 1. The van der Waals surface area contributed by atoms with Crippen molar-refractivity contribution in [1.29, 1.82) is 0 Å². The highest BCUT2D eigenvalue weighted by Gasteiger charge is 2.18. The van der Waals surface area contributed by atoms with Gasteiger partial charge in [0.1, 0.15) is 5.69 Å². The van der Waals surface area contributed by atoms with Crippen LogP contribution in [-0.4, -0.2) is 10.2 Å². The fraction of sp³-hybridized carbons (Fsp3) is 0. The van der Waals surface area contributed by atoms with Crippen LogP contribution in [0.25, 0.3) is 22.6 Å². The summed E-state index contributed by atoms with van der Waals surface area (Å²) in [6.07, 6.45) is 0. The third kappa shape index (κ3) is 2.98. The third-order valence-corrected chi connectivity index (χ3v) is 3.43.